The van der Waals surface area contributed by atoms with Crippen molar-refractivity contribution in [3.63, 3.8) is 0 Å². The molecule has 0 saturated heterocycles. The lowest BCUT2D eigenvalue weighted by Gasteiger charge is -2.20. The number of hydrogen-bond acceptors (Lipinski definition) is 1. The fraction of sp³-hybridized carbons (Fsp3) is 0.385. The van der Waals surface area contributed by atoms with Crippen LogP contribution in [0.4, 0.5) is 0 Å². The van der Waals surface area contributed by atoms with Gasteiger partial charge in [-0.05, 0) is 5.56 Å². The van der Waals surface area contributed by atoms with E-state index in [0.717, 1.165) is 6.54 Å². The minimum Gasteiger partial charge on any atom is -0.302 e. The first-order valence-electron chi connectivity index (χ1n) is 5.28. The van der Waals surface area contributed by atoms with E-state index in [9.17, 15) is 0 Å². The summed E-state index contributed by atoms with van der Waals surface area (Å²) >= 11 is 0. The van der Waals surface area contributed by atoms with Crippen LogP contribution in [0.2, 0.25) is 19.6 Å². The minimum atomic E-state index is -1.23. The molecule has 0 radical (unpaired) electrons. The first-order chi connectivity index (χ1) is 7.05. The van der Waals surface area contributed by atoms with Crippen molar-refractivity contribution < 1.29 is 0 Å². The van der Waals surface area contributed by atoms with Gasteiger partial charge in [0, 0.05) is 6.54 Å². The molecule has 1 aromatic carbocycles. The van der Waals surface area contributed by atoms with E-state index < -0.39 is 8.07 Å². The molecule has 0 saturated carbocycles. The van der Waals surface area contributed by atoms with Gasteiger partial charge in [-0.25, -0.2) is 0 Å². The van der Waals surface area contributed by atoms with E-state index in [1.165, 1.54) is 10.8 Å². The molecule has 0 unspecified atom stereocenters. The van der Waals surface area contributed by atoms with E-state index in [1.54, 1.807) is 0 Å². The van der Waals surface area contributed by atoms with E-state index in [1.807, 2.05) is 0 Å². The highest BCUT2D eigenvalue weighted by Crippen LogP contribution is 2.06. The Morgan fingerprint density at radius 2 is 1.93 bits per heavy atom. The molecule has 80 valence electrons. The maximum atomic E-state index is 5.21. The molecular weight excluding hydrogens is 198 g/mol. The highest BCUT2D eigenvalue weighted by molar-refractivity contribution is 6.89. The molecule has 0 bridgehead atoms. The lowest BCUT2D eigenvalue weighted by Crippen LogP contribution is -2.41. The number of rotatable bonds is 4. The molecule has 0 amide bonds. The molecule has 0 aliphatic rings. The van der Waals surface area contributed by atoms with Gasteiger partial charge in [0.1, 0.15) is 0 Å². The van der Waals surface area contributed by atoms with Crippen LogP contribution in [0, 0.1) is 12.3 Å². The maximum absolute atomic E-state index is 5.21. The topological polar surface area (TPSA) is 12.0 Å². The summed E-state index contributed by atoms with van der Waals surface area (Å²) in [6.07, 6.45) is 5.21. The van der Waals surface area contributed by atoms with Crippen LogP contribution < -0.4 is 10.5 Å². The van der Waals surface area contributed by atoms with Crippen molar-refractivity contribution in [3.05, 3.63) is 29.8 Å². The summed E-state index contributed by atoms with van der Waals surface area (Å²) in [5.41, 5.74) is 1.40. The lowest BCUT2D eigenvalue weighted by molar-refractivity contribution is 0.773. The van der Waals surface area contributed by atoms with Gasteiger partial charge in [-0.2, -0.15) is 0 Å². The Labute approximate surface area is 93.9 Å². The molecule has 1 aromatic rings. The standard InChI is InChI=1S/C13H19NSi/c1-5-10-14-11-12-8-6-7-9-13(12)15(2,3)4/h1,6-9,14H,10-11H2,2-4H3. The number of hydrogen-bond donors (Lipinski definition) is 1. The highest BCUT2D eigenvalue weighted by Gasteiger charge is 2.18. The van der Waals surface area contributed by atoms with Crippen LogP contribution in [-0.4, -0.2) is 14.6 Å². The zero-order valence-electron chi connectivity index (χ0n) is 9.80. The van der Waals surface area contributed by atoms with Crippen molar-refractivity contribution in [2.24, 2.45) is 0 Å². The summed E-state index contributed by atoms with van der Waals surface area (Å²) in [5.74, 6) is 2.60. The van der Waals surface area contributed by atoms with Gasteiger partial charge in [0.15, 0.2) is 0 Å². The Morgan fingerprint density at radius 3 is 2.53 bits per heavy atom. The number of nitrogens with one attached hydrogen (secondary N) is 1. The number of benzene rings is 1. The molecule has 1 rings (SSSR count). The molecule has 0 aliphatic heterocycles. The van der Waals surface area contributed by atoms with Crippen molar-refractivity contribution in [2.45, 2.75) is 26.2 Å². The molecular formula is C13H19NSi. The highest BCUT2D eigenvalue weighted by atomic mass is 28.3. The second kappa shape index (κ2) is 5.15. The first kappa shape index (κ1) is 12.0. The molecule has 0 heterocycles. The zero-order chi connectivity index (χ0) is 11.3. The van der Waals surface area contributed by atoms with Crippen molar-refractivity contribution in [3.8, 4) is 12.3 Å². The summed E-state index contributed by atoms with van der Waals surface area (Å²) < 4.78 is 0. The summed E-state index contributed by atoms with van der Waals surface area (Å²) in [7, 11) is -1.23. The molecule has 1 N–H and O–H groups in total. The molecule has 0 spiro atoms. The van der Waals surface area contributed by atoms with Gasteiger partial charge < -0.3 is 5.32 Å². The van der Waals surface area contributed by atoms with Gasteiger partial charge in [-0.3, -0.25) is 0 Å². The largest absolute Gasteiger partial charge is 0.302 e. The second-order valence-electron chi connectivity index (χ2n) is 4.71. The van der Waals surface area contributed by atoms with Crippen LogP contribution in [0.1, 0.15) is 5.56 Å². The third-order valence-electron chi connectivity index (χ3n) is 2.37. The quantitative estimate of drug-likeness (QED) is 0.462. The van der Waals surface area contributed by atoms with E-state index in [0.29, 0.717) is 6.54 Å². The summed E-state index contributed by atoms with van der Waals surface area (Å²) in [5, 5.41) is 4.77. The molecule has 0 atom stereocenters. The predicted molar refractivity (Wildman–Crippen MR) is 70.0 cm³/mol. The van der Waals surface area contributed by atoms with E-state index in [2.05, 4.69) is 55.1 Å². The van der Waals surface area contributed by atoms with Crippen LogP contribution in [0.15, 0.2) is 24.3 Å². The zero-order valence-corrected chi connectivity index (χ0v) is 10.8. The normalized spacial score (nSPS) is 11.1. The summed E-state index contributed by atoms with van der Waals surface area (Å²) in [6.45, 7) is 8.62. The van der Waals surface area contributed by atoms with Crippen LogP contribution in [-0.2, 0) is 6.54 Å². The third-order valence-corrected chi connectivity index (χ3v) is 4.47. The van der Waals surface area contributed by atoms with Crippen LogP contribution >= 0.6 is 0 Å². The fourth-order valence-electron chi connectivity index (χ4n) is 1.68. The van der Waals surface area contributed by atoms with Gasteiger partial charge in [0.25, 0.3) is 0 Å². The van der Waals surface area contributed by atoms with Gasteiger partial charge in [-0.1, -0.05) is 55.0 Å². The summed E-state index contributed by atoms with van der Waals surface area (Å²) in [6, 6.07) is 8.66. The maximum Gasteiger partial charge on any atom is 0.0780 e. The second-order valence-corrected chi connectivity index (χ2v) is 9.75. The van der Waals surface area contributed by atoms with Crippen molar-refractivity contribution >= 4 is 13.3 Å². The first-order valence-corrected chi connectivity index (χ1v) is 8.78. The average molecular weight is 217 g/mol. The average Bonchev–Trinajstić information content (AvgIpc) is 2.17. The minimum absolute atomic E-state index is 0.639. The Hall–Kier alpha value is -1.04. The Morgan fingerprint density at radius 1 is 1.27 bits per heavy atom. The monoisotopic (exact) mass is 217 g/mol. The fourth-order valence-corrected chi connectivity index (χ4v) is 3.41. The van der Waals surface area contributed by atoms with Gasteiger partial charge in [0.2, 0.25) is 0 Å². The van der Waals surface area contributed by atoms with Gasteiger partial charge in [-0.15, -0.1) is 6.42 Å². The van der Waals surface area contributed by atoms with Crippen LogP contribution in [0.25, 0.3) is 0 Å². The SMILES string of the molecule is C#CCNCc1ccccc1[Si](C)(C)C. The van der Waals surface area contributed by atoms with Crippen molar-refractivity contribution in [2.75, 3.05) is 6.54 Å². The molecule has 1 nitrogen and oxygen atoms in total. The Kier molecular flexibility index (Phi) is 4.13. The molecule has 0 aromatic heterocycles. The molecule has 0 fully saturated rings. The van der Waals surface area contributed by atoms with Crippen LogP contribution in [0.3, 0.4) is 0 Å². The van der Waals surface area contributed by atoms with Crippen LogP contribution in [0.5, 0.6) is 0 Å². The molecule has 15 heavy (non-hydrogen) atoms. The number of terminal acetylenes is 1. The van der Waals surface area contributed by atoms with Gasteiger partial charge in [0.05, 0.1) is 14.6 Å². The van der Waals surface area contributed by atoms with E-state index >= 15 is 0 Å². The molecule has 2 heteroatoms. The summed E-state index contributed by atoms with van der Waals surface area (Å²) in [4.78, 5) is 0. The van der Waals surface area contributed by atoms with Crippen molar-refractivity contribution in [1.82, 2.24) is 5.32 Å². The predicted octanol–water partition coefficient (Wildman–Crippen LogP) is 1.95. The van der Waals surface area contributed by atoms with Gasteiger partial charge >= 0.3 is 0 Å². The van der Waals surface area contributed by atoms with E-state index in [4.69, 9.17) is 6.42 Å². The lowest BCUT2D eigenvalue weighted by atomic mass is 10.2. The Bertz CT molecular complexity index is 358. The smallest absolute Gasteiger partial charge is 0.0780 e. The van der Waals surface area contributed by atoms with E-state index in [-0.39, 0.29) is 0 Å². The molecule has 0 aliphatic carbocycles. The van der Waals surface area contributed by atoms with Crippen molar-refractivity contribution in [1.29, 1.82) is 0 Å². The third kappa shape index (κ3) is 3.54. The Balaban J connectivity index is 2.83.